The smallest absolute Gasteiger partial charge is 0.258 e. The average Bonchev–Trinajstić information content (AvgIpc) is 3.04. The Labute approximate surface area is 150 Å². The minimum atomic E-state index is -0.113. The van der Waals surface area contributed by atoms with Gasteiger partial charge in [0.05, 0.1) is 16.7 Å². The number of benzene rings is 1. The molecule has 24 heavy (non-hydrogen) atoms. The first-order valence-corrected chi connectivity index (χ1v) is 8.93. The van der Waals surface area contributed by atoms with Gasteiger partial charge in [0.2, 0.25) is 5.91 Å². The molecule has 3 N–H and O–H groups in total. The summed E-state index contributed by atoms with van der Waals surface area (Å²) in [5, 5.41) is 6.85. The van der Waals surface area contributed by atoms with E-state index < -0.39 is 0 Å². The number of aromatic nitrogens is 2. The van der Waals surface area contributed by atoms with Crippen molar-refractivity contribution >= 4 is 41.0 Å². The van der Waals surface area contributed by atoms with Crippen LogP contribution in [0.1, 0.15) is 18.7 Å². The predicted molar refractivity (Wildman–Crippen MR) is 99.8 cm³/mol. The van der Waals surface area contributed by atoms with Crippen molar-refractivity contribution in [3.8, 4) is 0 Å². The van der Waals surface area contributed by atoms with Crippen LogP contribution >= 0.6 is 24.2 Å². The fourth-order valence-corrected chi connectivity index (χ4v) is 3.42. The molecule has 0 saturated carbocycles. The van der Waals surface area contributed by atoms with Gasteiger partial charge in [0.15, 0.2) is 0 Å². The topological polar surface area (TPSA) is 86.9 Å². The lowest BCUT2D eigenvalue weighted by atomic mass is 10.2. The zero-order valence-corrected chi connectivity index (χ0v) is 14.8. The lowest BCUT2D eigenvalue weighted by Crippen LogP contribution is -2.36. The van der Waals surface area contributed by atoms with E-state index in [-0.39, 0.29) is 29.9 Å². The van der Waals surface area contributed by atoms with E-state index in [0.717, 1.165) is 19.5 Å². The van der Waals surface area contributed by atoms with E-state index in [2.05, 4.69) is 20.6 Å². The van der Waals surface area contributed by atoms with Crippen molar-refractivity contribution in [3.63, 3.8) is 0 Å². The summed E-state index contributed by atoms with van der Waals surface area (Å²) in [6, 6.07) is 7.56. The van der Waals surface area contributed by atoms with Crippen molar-refractivity contribution in [2.75, 3.05) is 18.8 Å². The van der Waals surface area contributed by atoms with E-state index in [1.54, 1.807) is 17.8 Å². The molecule has 1 aliphatic heterocycles. The van der Waals surface area contributed by atoms with Crippen molar-refractivity contribution in [2.24, 2.45) is 0 Å². The number of thioether (sulfide) groups is 1. The Hall–Kier alpha value is -1.57. The van der Waals surface area contributed by atoms with Gasteiger partial charge in [0.25, 0.3) is 5.56 Å². The minimum Gasteiger partial charge on any atom is -0.352 e. The van der Waals surface area contributed by atoms with Crippen LogP contribution < -0.4 is 16.2 Å². The van der Waals surface area contributed by atoms with Crippen molar-refractivity contribution in [1.82, 2.24) is 20.6 Å². The molecule has 1 saturated heterocycles. The molecule has 8 heteroatoms. The zero-order valence-electron chi connectivity index (χ0n) is 13.2. The molecular formula is C16H21ClN4O2S. The summed E-state index contributed by atoms with van der Waals surface area (Å²) in [7, 11) is 0. The highest BCUT2D eigenvalue weighted by molar-refractivity contribution is 7.98. The molecule has 1 aromatic carbocycles. The number of carbonyl (C=O) groups excluding carboxylic acids is 1. The van der Waals surface area contributed by atoms with Crippen LogP contribution in [0, 0.1) is 0 Å². The quantitative estimate of drug-likeness (QED) is 0.672. The maximum Gasteiger partial charge on any atom is 0.258 e. The van der Waals surface area contributed by atoms with E-state index in [0.29, 0.717) is 34.7 Å². The van der Waals surface area contributed by atoms with Gasteiger partial charge in [-0.25, -0.2) is 4.98 Å². The number of rotatable bonds is 6. The molecule has 1 aliphatic rings. The second kappa shape index (κ2) is 9.05. The highest BCUT2D eigenvalue weighted by Crippen LogP contribution is 2.12. The van der Waals surface area contributed by atoms with Gasteiger partial charge in [0.1, 0.15) is 5.82 Å². The van der Waals surface area contributed by atoms with Crippen LogP contribution in [-0.2, 0) is 10.5 Å². The highest BCUT2D eigenvalue weighted by atomic mass is 35.5. The molecule has 1 aromatic heterocycles. The summed E-state index contributed by atoms with van der Waals surface area (Å²) >= 11 is 1.60. The Morgan fingerprint density at radius 2 is 2.21 bits per heavy atom. The maximum atomic E-state index is 12.0. The Kier molecular flexibility index (Phi) is 7.08. The average molecular weight is 369 g/mol. The molecule has 130 valence electrons. The number of nitrogens with one attached hydrogen (secondary N) is 3. The lowest BCUT2D eigenvalue weighted by molar-refractivity contribution is -0.121. The number of hydrogen-bond acceptors (Lipinski definition) is 5. The summed E-state index contributed by atoms with van der Waals surface area (Å²) in [4.78, 5) is 31.0. The Balaban J connectivity index is 0.00000208. The zero-order chi connectivity index (χ0) is 16.1. The molecule has 3 rings (SSSR count). The number of aromatic amines is 1. The fraction of sp³-hybridized carbons (Fsp3) is 0.438. The molecule has 2 heterocycles. The van der Waals surface area contributed by atoms with Crippen LogP contribution in [0.4, 0.5) is 0 Å². The van der Waals surface area contributed by atoms with Crippen LogP contribution in [0.25, 0.3) is 10.9 Å². The van der Waals surface area contributed by atoms with Gasteiger partial charge in [0, 0.05) is 24.8 Å². The van der Waals surface area contributed by atoms with Gasteiger partial charge in [-0.2, -0.15) is 11.8 Å². The van der Waals surface area contributed by atoms with Gasteiger partial charge < -0.3 is 15.6 Å². The number of amides is 1. The number of nitrogens with zero attached hydrogens (tertiary/aromatic N) is 1. The SMILES string of the molecule is Cl.O=C(CCSCc1nc2ccccc2c(=O)[nH]1)NC1CCNC1. The molecule has 0 radical (unpaired) electrons. The molecule has 6 nitrogen and oxygen atoms in total. The lowest BCUT2D eigenvalue weighted by Gasteiger charge is -2.10. The summed E-state index contributed by atoms with van der Waals surface area (Å²) in [5.74, 6) is 2.05. The van der Waals surface area contributed by atoms with Gasteiger partial charge in [-0.15, -0.1) is 12.4 Å². The number of hydrogen-bond donors (Lipinski definition) is 3. The highest BCUT2D eigenvalue weighted by Gasteiger charge is 2.16. The van der Waals surface area contributed by atoms with E-state index in [1.807, 2.05) is 18.2 Å². The van der Waals surface area contributed by atoms with E-state index >= 15 is 0 Å². The third-order valence-electron chi connectivity index (χ3n) is 3.80. The predicted octanol–water partition coefficient (Wildman–Crippen LogP) is 1.45. The first kappa shape index (κ1) is 18.8. The summed E-state index contributed by atoms with van der Waals surface area (Å²) < 4.78 is 0. The van der Waals surface area contributed by atoms with Gasteiger partial charge in [-0.1, -0.05) is 12.1 Å². The molecule has 1 unspecified atom stereocenters. The van der Waals surface area contributed by atoms with E-state index in [9.17, 15) is 9.59 Å². The Morgan fingerprint density at radius 3 is 3.00 bits per heavy atom. The normalized spacial score (nSPS) is 16.8. The number of carbonyl (C=O) groups is 1. The molecule has 1 amide bonds. The third-order valence-corrected chi connectivity index (χ3v) is 4.77. The number of halogens is 1. The van der Waals surface area contributed by atoms with Crippen molar-refractivity contribution in [3.05, 3.63) is 40.4 Å². The van der Waals surface area contributed by atoms with Crippen LogP contribution in [0.5, 0.6) is 0 Å². The number of H-pyrrole nitrogens is 1. The second-order valence-corrected chi connectivity index (χ2v) is 6.69. The number of para-hydroxylation sites is 1. The molecule has 0 bridgehead atoms. The van der Waals surface area contributed by atoms with E-state index in [4.69, 9.17) is 0 Å². The van der Waals surface area contributed by atoms with Crippen LogP contribution in [-0.4, -0.2) is 40.8 Å². The molecule has 1 fully saturated rings. The molecule has 0 spiro atoms. The molecule has 2 aromatic rings. The summed E-state index contributed by atoms with van der Waals surface area (Å²) in [5.41, 5.74) is 0.594. The monoisotopic (exact) mass is 368 g/mol. The second-order valence-electron chi connectivity index (χ2n) is 5.59. The molecule has 0 aliphatic carbocycles. The Morgan fingerprint density at radius 1 is 1.38 bits per heavy atom. The van der Waals surface area contributed by atoms with Gasteiger partial charge in [-0.05, 0) is 25.1 Å². The van der Waals surface area contributed by atoms with Crippen molar-refractivity contribution in [1.29, 1.82) is 0 Å². The standard InChI is InChI=1S/C16H20N4O2S.ClH/c21-15(18-11-5-7-17-9-11)6-8-23-10-14-19-13-4-2-1-3-12(13)16(22)20-14;/h1-4,11,17H,5-10H2,(H,18,21)(H,19,20,22);1H. The number of fused-ring (bicyclic) bond motifs is 1. The van der Waals surface area contributed by atoms with Crippen LogP contribution in [0.15, 0.2) is 29.1 Å². The van der Waals surface area contributed by atoms with Gasteiger partial charge in [-0.3, -0.25) is 9.59 Å². The summed E-state index contributed by atoms with van der Waals surface area (Å²) in [6.45, 7) is 1.84. The fourth-order valence-electron chi connectivity index (χ4n) is 2.61. The first-order valence-electron chi connectivity index (χ1n) is 7.78. The van der Waals surface area contributed by atoms with Crippen molar-refractivity contribution in [2.45, 2.75) is 24.6 Å². The van der Waals surface area contributed by atoms with Gasteiger partial charge >= 0.3 is 0 Å². The molecular weight excluding hydrogens is 348 g/mol. The first-order chi connectivity index (χ1) is 11.2. The largest absolute Gasteiger partial charge is 0.352 e. The Bertz CT molecular complexity index is 746. The third kappa shape index (κ3) is 4.96. The van der Waals surface area contributed by atoms with Crippen molar-refractivity contribution < 1.29 is 4.79 Å². The van der Waals surface area contributed by atoms with Crippen LogP contribution in [0.3, 0.4) is 0 Å². The minimum absolute atomic E-state index is 0. The summed E-state index contributed by atoms with van der Waals surface area (Å²) in [6.07, 6.45) is 1.49. The molecule has 1 atom stereocenters. The van der Waals surface area contributed by atoms with Crippen LogP contribution in [0.2, 0.25) is 0 Å². The maximum absolute atomic E-state index is 12.0. The van der Waals surface area contributed by atoms with E-state index in [1.165, 1.54) is 0 Å².